The molecule has 0 radical (unpaired) electrons. The molecule has 0 aliphatic heterocycles. The van der Waals surface area contributed by atoms with E-state index in [1.54, 1.807) is 17.5 Å². The Balaban J connectivity index is 2.19. The summed E-state index contributed by atoms with van der Waals surface area (Å²) in [6.45, 7) is 0. The van der Waals surface area contributed by atoms with Crippen LogP contribution in [0.25, 0.3) is 0 Å². The number of hydrogen-bond donors (Lipinski definition) is 2. The lowest BCUT2D eigenvalue weighted by Gasteiger charge is -2.15. The number of halogens is 2. The Kier molecular flexibility index (Phi) is 4.64. The van der Waals surface area contributed by atoms with Crippen LogP contribution in [0.1, 0.15) is 27.7 Å². The quantitative estimate of drug-likeness (QED) is 0.892. The van der Waals surface area contributed by atoms with Crippen LogP contribution in [0.5, 0.6) is 0 Å². The largest absolute Gasteiger partial charge is 0.481 e. The van der Waals surface area contributed by atoms with Gasteiger partial charge in [0.2, 0.25) is 0 Å². The number of amides is 1. The standard InChI is InChI=1S/C14H11F2NO3S/c15-9-4-8(5-10(16)6-9)14(20)17-11(7-13(18)19)12-2-1-3-21-12/h1-6,11H,7H2,(H,17,20)(H,18,19). The summed E-state index contributed by atoms with van der Waals surface area (Å²) in [5, 5.41) is 13.1. The maximum Gasteiger partial charge on any atom is 0.305 e. The molecule has 1 atom stereocenters. The van der Waals surface area contributed by atoms with Gasteiger partial charge in [-0.15, -0.1) is 11.3 Å². The van der Waals surface area contributed by atoms with Crippen molar-refractivity contribution in [1.29, 1.82) is 0 Å². The van der Waals surface area contributed by atoms with E-state index in [0.29, 0.717) is 10.9 Å². The molecule has 21 heavy (non-hydrogen) atoms. The molecular formula is C14H11F2NO3S. The van der Waals surface area contributed by atoms with Crippen LogP contribution in [0.3, 0.4) is 0 Å². The number of thiophene rings is 1. The van der Waals surface area contributed by atoms with Gasteiger partial charge in [0, 0.05) is 16.5 Å². The van der Waals surface area contributed by atoms with Crippen molar-refractivity contribution in [3.63, 3.8) is 0 Å². The Labute approximate surface area is 123 Å². The first-order chi connectivity index (χ1) is 9.95. The molecule has 1 heterocycles. The summed E-state index contributed by atoms with van der Waals surface area (Å²) in [7, 11) is 0. The molecule has 1 amide bonds. The monoisotopic (exact) mass is 311 g/mol. The van der Waals surface area contributed by atoms with E-state index in [4.69, 9.17) is 5.11 Å². The molecule has 0 saturated heterocycles. The Morgan fingerprint density at radius 2 is 1.90 bits per heavy atom. The molecule has 110 valence electrons. The fraction of sp³-hybridized carbons (Fsp3) is 0.143. The van der Waals surface area contributed by atoms with Gasteiger partial charge >= 0.3 is 5.97 Å². The van der Waals surface area contributed by atoms with Gasteiger partial charge in [0.05, 0.1) is 12.5 Å². The smallest absolute Gasteiger partial charge is 0.305 e. The van der Waals surface area contributed by atoms with Crippen molar-refractivity contribution in [3.05, 3.63) is 57.8 Å². The number of carboxylic acids is 1. The van der Waals surface area contributed by atoms with Crippen molar-refractivity contribution in [1.82, 2.24) is 5.32 Å². The van der Waals surface area contributed by atoms with E-state index in [9.17, 15) is 18.4 Å². The highest BCUT2D eigenvalue weighted by atomic mass is 32.1. The van der Waals surface area contributed by atoms with Gasteiger partial charge in [-0.1, -0.05) is 6.07 Å². The van der Waals surface area contributed by atoms with Gasteiger partial charge in [-0.05, 0) is 23.6 Å². The first kappa shape index (κ1) is 15.1. The molecule has 0 bridgehead atoms. The number of nitrogens with one attached hydrogen (secondary N) is 1. The summed E-state index contributed by atoms with van der Waals surface area (Å²) < 4.78 is 26.2. The van der Waals surface area contributed by atoms with Crippen LogP contribution < -0.4 is 5.32 Å². The van der Waals surface area contributed by atoms with Gasteiger partial charge in [-0.25, -0.2) is 8.78 Å². The molecule has 1 aromatic heterocycles. The maximum absolute atomic E-state index is 13.1. The Bertz CT molecular complexity index is 638. The molecule has 1 aromatic carbocycles. The molecule has 4 nitrogen and oxygen atoms in total. The Hall–Kier alpha value is -2.28. The molecule has 7 heteroatoms. The minimum Gasteiger partial charge on any atom is -0.481 e. The van der Waals surface area contributed by atoms with Crippen LogP contribution in [0.15, 0.2) is 35.7 Å². The van der Waals surface area contributed by atoms with E-state index >= 15 is 0 Å². The van der Waals surface area contributed by atoms with Gasteiger partial charge < -0.3 is 10.4 Å². The van der Waals surface area contributed by atoms with E-state index < -0.39 is 29.6 Å². The van der Waals surface area contributed by atoms with Crippen LogP contribution in [0.4, 0.5) is 8.78 Å². The second-order valence-corrected chi connectivity index (χ2v) is 5.28. The molecule has 0 aliphatic rings. The highest BCUT2D eigenvalue weighted by Gasteiger charge is 2.20. The van der Waals surface area contributed by atoms with Crippen LogP contribution in [0, 0.1) is 11.6 Å². The SMILES string of the molecule is O=C(O)CC(NC(=O)c1cc(F)cc(F)c1)c1cccs1. The lowest BCUT2D eigenvalue weighted by Crippen LogP contribution is -2.29. The number of carbonyl (C=O) groups excluding carboxylic acids is 1. The van der Waals surface area contributed by atoms with Gasteiger partial charge in [-0.2, -0.15) is 0 Å². The second kappa shape index (κ2) is 6.45. The van der Waals surface area contributed by atoms with Crippen molar-refractivity contribution < 1.29 is 23.5 Å². The third-order valence-corrected chi connectivity index (χ3v) is 3.68. The number of carbonyl (C=O) groups is 2. The zero-order chi connectivity index (χ0) is 15.4. The predicted molar refractivity (Wildman–Crippen MR) is 73.1 cm³/mol. The van der Waals surface area contributed by atoms with E-state index in [-0.39, 0.29) is 12.0 Å². The summed E-state index contributed by atoms with van der Waals surface area (Å²) in [5.74, 6) is -3.55. The fourth-order valence-corrected chi connectivity index (χ4v) is 2.59. The first-order valence-corrected chi connectivity index (χ1v) is 6.86. The number of carboxylic acid groups (broad SMARTS) is 1. The molecule has 0 spiro atoms. The highest BCUT2D eigenvalue weighted by Crippen LogP contribution is 2.22. The maximum atomic E-state index is 13.1. The summed E-state index contributed by atoms with van der Waals surface area (Å²) in [4.78, 5) is 23.5. The number of rotatable bonds is 5. The third-order valence-electron chi connectivity index (χ3n) is 2.70. The van der Waals surface area contributed by atoms with Crippen LogP contribution >= 0.6 is 11.3 Å². The van der Waals surface area contributed by atoms with Crippen LogP contribution in [-0.4, -0.2) is 17.0 Å². The van der Waals surface area contributed by atoms with Crippen molar-refractivity contribution >= 4 is 23.2 Å². The van der Waals surface area contributed by atoms with E-state index in [1.807, 2.05) is 0 Å². The lowest BCUT2D eigenvalue weighted by atomic mass is 10.1. The van der Waals surface area contributed by atoms with Crippen LogP contribution in [0.2, 0.25) is 0 Å². The second-order valence-electron chi connectivity index (χ2n) is 4.30. The van der Waals surface area contributed by atoms with E-state index in [2.05, 4.69) is 5.32 Å². The molecule has 2 rings (SSSR count). The van der Waals surface area contributed by atoms with Crippen LogP contribution in [-0.2, 0) is 4.79 Å². The summed E-state index contributed by atoms with van der Waals surface area (Å²) >= 11 is 1.29. The van der Waals surface area contributed by atoms with Gasteiger partial charge in [0.1, 0.15) is 11.6 Å². The molecular weight excluding hydrogens is 300 g/mol. The van der Waals surface area contributed by atoms with Crippen molar-refractivity contribution in [3.8, 4) is 0 Å². The zero-order valence-electron chi connectivity index (χ0n) is 10.7. The van der Waals surface area contributed by atoms with Crippen molar-refractivity contribution in [2.75, 3.05) is 0 Å². The normalized spacial score (nSPS) is 11.9. The molecule has 0 aliphatic carbocycles. The predicted octanol–water partition coefficient (Wildman–Crippen LogP) is 2.97. The molecule has 0 fully saturated rings. The minimum atomic E-state index is -1.08. The number of aliphatic carboxylic acids is 1. The van der Waals surface area contributed by atoms with Gasteiger partial charge in [0.25, 0.3) is 5.91 Å². The number of benzene rings is 1. The summed E-state index contributed by atoms with van der Waals surface area (Å²) in [5.41, 5.74) is -0.195. The summed E-state index contributed by atoms with van der Waals surface area (Å²) in [6.07, 6.45) is -0.315. The third kappa shape index (κ3) is 4.09. The van der Waals surface area contributed by atoms with Crippen molar-refractivity contribution in [2.45, 2.75) is 12.5 Å². The minimum absolute atomic E-state index is 0.195. The Morgan fingerprint density at radius 1 is 1.24 bits per heavy atom. The molecule has 2 N–H and O–H groups in total. The van der Waals surface area contributed by atoms with Gasteiger partial charge in [-0.3, -0.25) is 9.59 Å². The van der Waals surface area contributed by atoms with E-state index in [1.165, 1.54) is 11.3 Å². The first-order valence-electron chi connectivity index (χ1n) is 5.98. The average molecular weight is 311 g/mol. The molecule has 1 unspecified atom stereocenters. The number of hydrogen-bond acceptors (Lipinski definition) is 3. The molecule has 2 aromatic rings. The average Bonchev–Trinajstić information content (AvgIpc) is 2.89. The van der Waals surface area contributed by atoms with Gasteiger partial charge in [0.15, 0.2) is 0 Å². The lowest BCUT2D eigenvalue weighted by molar-refractivity contribution is -0.137. The topological polar surface area (TPSA) is 66.4 Å². The Morgan fingerprint density at radius 3 is 2.43 bits per heavy atom. The van der Waals surface area contributed by atoms with E-state index in [0.717, 1.165) is 12.1 Å². The zero-order valence-corrected chi connectivity index (χ0v) is 11.5. The summed E-state index contributed by atoms with van der Waals surface area (Å²) in [6, 6.07) is 5.11. The fourth-order valence-electron chi connectivity index (χ4n) is 1.81. The van der Waals surface area contributed by atoms with Crippen molar-refractivity contribution in [2.24, 2.45) is 0 Å². The highest BCUT2D eigenvalue weighted by molar-refractivity contribution is 7.10. The molecule has 0 saturated carbocycles.